The van der Waals surface area contributed by atoms with Crippen molar-refractivity contribution in [3.05, 3.63) is 65.5 Å². The smallest absolute Gasteiger partial charge is 0.234 e. The first kappa shape index (κ1) is 16.5. The Bertz CT molecular complexity index is 718. The third-order valence-electron chi connectivity index (χ3n) is 4.28. The van der Waals surface area contributed by atoms with Gasteiger partial charge in [-0.15, -0.1) is 0 Å². The minimum Gasteiger partial charge on any atom is -0.489 e. The zero-order valence-electron chi connectivity index (χ0n) is 13.5. The number of carbonyl (C=O) groups excluding carboxylic acids is 1. The molecular formula is C19H21FN2O2. The van der Waals surface area contributed by atoms with E-state index >= 15 is 0 Å². The summed E-state index contributed by atoms with van der Waals surface area (Å²) in [7, 11) is 0. The van der Waals surface area contributed by atoms with Gasteiger partial charge in [0.1, 0.15) is 18.2 Å². The van der Waals surface area contributed by atoms with E-state index in [2.05, 4.69) is 5.32 Å². The fraction of sp³-hybridized carbons (Fsp3) is 0.316. The number of primary amides is 1. The summed E-state index contributed by atoms with van der Waals surface area (Å²) in [6.07, 6.45) is 1.00. The van der Waals surface area contributed by atoms with Gasteiger partial charge in [-0.25, -0.2) is 4.39 Å². The molecule has 3 N–H and O–H groups in total. The second kappa shape index (κ2) is 7.01. The highest BCUT2D eigenvalue weighted by Gasteiger charge is 2.39. The van der Waals surface area contributed by atoms with Crippen LogP contribution in [0.2, 0.25) is 0 Å². The minimum atomic E-state index is -0.332. The highest BCUT2D eigenvalue weighted by molar-refractivity contribution is 5.79. The van der Waals surface area contributed by atoms with Gasteiger partial charge in [-0.05, 0) is 48.7 Å². The topological polar surface area (TPSA) is 64.3 Å². The number of hydrogen-bond donors (Lipinski definition) is 2. The van der Waals surface area contributed by atoms with Crippen LogP contribution in [0.15, 0.2) is 48.5 Å². The third-order valence-corrected chi connectivity index (χ3v) is 4.28. The number of rotatable bonds is 7. The van der Waals surface area contributed by atoms with Gasteiger partial charge in [-0.1, -0.05) is 24.3 Å². The van der Waals surface area contributed by atoms with E-state index < -0.39 is 0 Å². The highest BCUT2D eigenvalue weighted by atomic mass is 19.1. The molecule has 24 heavy (non-hydrogen) atoms. The summed E-state index contributed by atoms with van der Waals surface area (Å²) in [5.41, 5.74) is 7.27. The lowest BCUT2D eigenvalue weighted by Gasteiger charge is -2.10. The van der Waals surface area contributed by atoms with Crippen LogP contribution in [0.5, 0.6) is 5.75 Å². The number of benzene rings is 2. The molecule has 5 heteroatoms. The number of carbonyl (C=O) groups is 1. The molecule has 1 aliphatic rings. The van der Waals surface area contributed by atoms with Crippen molar-refractivity contribution in [3.63, 3.8) is 0 Å². The Balaban J connectivity index is 1.52. The van der Waals surface area contributed by atoms with Gasteiger partial charge >= 0.3 is 0 Å². The number of nitrogens with one attached hydrogen (secondary N) is 1. The largest absolute Gasteiger partial charge is 0.489 e. The minimum absolute atomic E-state index is 0.260. The molecule has 0 bridgehead atoms. The molecule has 2 aromatic carbocycles. The Hall–Kier alpha value is -2.40. The quantitative estimate of drug-likeness (QED) is 0.821. The van der Waals surface area contributed by atoms with Crippen LogP contribution in [0.1, 0.15) is 30.4 Å². The van der Waals surface area contributed by atoms with Gasteiger partial charge in [0.25, 0.3) is 0 Å². The number of amides is 1. The molecule has 4 nitrogen and oxygen atoms in total. The van der Waals surface area contributed by atoms with Crippen LogP contribution >= 0.6 is 0 Å². The SMILES string of the molecule is C[C@H](N[C@H]1CC1c1ccc(OCc2cccc(F)c2)cc1)C(N)=O. The fourth-order valence-corrected chi connectivity index (χ4v) is 2.76. The van der Waals surface area contributed by atoms with Crippen LogP contribution in [-0.2, 0) is 11.4 Å². The van der Waals surface area contributed by atoms with Gasteiger partial charge in [0.05, 0.1) is 6.04 Å². The van der Waals surface area contributed by atoms with E-state index in [0.717, 1.165) is 17.7 Å². The van der Waals surface area contributed by atoms with Crippen LogP contribution in [0.3, 0.4) is 0 Å². The monoisotopic (exact) mass is 328 g/mol. The number of nitrogens with two attached hydrogens (primary N) is 1. The van der Waals surface area contributed by atoms with E-state index in [1.54, 1.807) is 13.0 Å². The van der Waals surface area contributed by atoms with Crippen molar-refractivity contribution in [1.29, 1.82) is 0 Å². The molecule has 0 aliphatic heterocycles. The van der Waals surface area contributed by atoms with Crippen molar-refractivity contribution >= 4 is 5.91 Å². The van der Waals surface area contributed by atoms with Crippen molar-refractivity contribution in [2.75, 3.05) is 0 Å². The van der Waals surface area contributed by atoms with Crippen molar-refractivity contribution in [3.8, 4) is 5.75 Å². The van der Waals surface area contributed by atoms with E-state index in [1.807, 2.05) is 30.3 Å². The Morgan fingerprint density at radius 3 is 2.75 bits per heavy atom. The summed E-state index contributed by atoms with van der Waals surface area (Å²) in [4.78, 5) is 11.1. The maximum atomic E-state index is 13.1. The van der Waals surface area contributed by atoms with E-state index in [0.29, 0.717) is 18.6 Å². The zero-order chi connectivity index (χ0) is 17.1. The van der Waals surface area contributed by atoms with Gasteiger partial charge in [0, 0.05) is 12.0 Å². The molecule has 1 unspecified atom stereocenters. The Morgan fingerprint density at radius 1 is 1.33 bits per heavy atom. The summed E-state index contributed by atoms with van der Waals surface area (Å²) in [6.45, 7) is 2.11. The molecule has 1 amide bonds. The normalized spacial score (nSPS) is 20.4. The lowest BCUT2D eigenvalue weighted by Crippen LogP contribution is -2.40. The van der Waals surface area contributed by atoms with Gasteiger partial charge in [-0.3, -0.25) is 4.79 Å². The molecule has 3 atom stereocenters. The molecule has 2 aromatic rings. The van der Waals surface area contributed by atoms with Crippen LogP contribution in [-0.4, -0.2) is 18.0 Å². The molecule has 126 valence electrons. The first-order valence-corrected chi connectivity index (χ1v) is 8.05. The molecule has 1 saturated carbocycles. The third kappa shape index (κ3) is 4.11. The molecule has 0 saturated heterocycles. The lowest BCUT2D eigenvalue weighted by atomic mass is 10.1. The summed E-state index contributed by atoms with van der Waals surface area (Å²) < 4.78 is 18.8. The molecule has 0 heterocycles. The molecule has 0 radical (unpaired) electrons. The van der Waals surface area contributed by atoms with Gasteiger partial charge in [0.15, 0.2) is 0 Å². The van der Waals surface area contributed by atoms with Crippen molar-refractivity contribution < 1.29 is 13.9 Å². The number of hydrogen-bond acceptors (Lipinski definition) is 3. The Kier molecular flexibility index (Phi) is 4.81. The summed E-state index contributed by atoms with van der Waals surface area (Å²) in [6, 6.07) is 14.3. The summed E-state index contributed by atoms with van der Waals surface area (Å²) in [5, 5.41) is 3.23. The molecular weight excluding hydrogens is 307 g/mol. The maximum Gasteiger partial charge on any atom is 0.234 e. The van der Waals surface area contributed by atoms with Crippen LogP contribution in [0.25, 0.3) is 0 Å². The van der Waals surface area contributed by atoms with E-state index in [1.165, 1.54) is 17.7 Å². The maximum absolute atomic E-state index is 13.1. The first-order valence-electron chi connectivity index (χ1n) is 8.05. The van der Waals surface area contributed by atoms with Gasteiger partial charge < -0.3 is 15.8 Å². The average Bonchev–Trinajstić information content (AvgIpc) is 3.32. The highest BCUT2D eigenvalue weighted by Crippen LogP contribution is 2.41. The van der Waals surface area contributed by atoms with Gasteiger partial charge in [-0.2, -0.15) is 0 Å². The second-order valence-corrected chi connectivity index (χ2v) is 6.23. The Morgan fingerprint density at radius 2 is 2.08 bits per heavy atom. The lowest BCUT2D eigenvalue weighted by molar-refractivity contribution is -0.119. The van der Waals surface area contributed by atoms with Gasteiger partial charge in [0.2, 0.25) is 5.91 Å². The number of halogens is 1. The fourth-order valence-electron chi connectivity index (χ4n) is 2.76. The first-order chi connectivity index (χ1) is 11.5. The zero-order valence-corrected chi connectivity index (χ0v) is 13.5. The van der Waals surface area contributed by atoms with E-state index in [-0.39, 0.29) is 17.8 Å². The standard InChI is InChI=1S/C19H21FN2O2/c1-12(19(21)23)22-18-10-17(18)14-5-7-16(8-6-14)24-11-13-3-2-4-15(20)9-13/h2-9,12,17-18,22H,10-11H2,1H3,(H2,21,23)/t12-,17?,18-/m0/s1. The van der Waals surface area contributed by atoms with Crippen LogP contribution in [0.4, 0.5) is 4.39 Å². The molecule has 0 aromatic heterocycles. The number of ether oxygens (including phenoxy) is 1. The predicted octanol–water partition coefficient (Wildman–Crippen LogP) is 2.72. The molecule has 1 fully saturated rings. The molecule has 1 aliphatic carbocycles. The summed E-state index contributed by atoms with van der Waals surface area (Å²) >= 11 is 0. The Labute approximate surface area is 140 Å². The van der Waals surface area contributed by atoms with E-state index in [9.17, 15) is 9.18 Å². The van der Waals surface area contributed by atoms with Crippen molar-refractivity contribution in [2.24, 2.45) is 5.73 Å². The van der Waals surface area contributed by atoms with Crippen molar-refractivity contribution in [2.45, 2.75) is 38.0 Å². The van der Waals surface area contributed by atoms with Crippen molar-refractivity contribution in [1.82, 2.24) is 5.32 Å². The predicted molar refractivity (Wildman–Crippen MR) is 90.1 cm³/mol. The average molecular weight is 328 g/mol. The van der Waals surface area contributed by atoms with Crippen LogP contribution in [0, 0.1) is 5.82 Å². The van der Waals surface area contributed by atoms with Crippen LogP contribution < -0.4 is 15.8 Å². The summed E-state index contributed by atoms with van der Waals surface area (Å²) in [5.74, 6) is 0.563. The molecule has 0 spiro atoms. The van der Waals surface area contributed by atoms with E-state index in [4.69, 9.17) is 10.5 Å². The second-order valence-electron chi connectivity index (χ2n) is 6.23. The molecule has 3 rings (SSSR count).